The van der Waals surface area contributed by atoms with E-state index in [-0.39, 0.29) is 10.6 Å². The van der Waals surface area contributed by atoms with Crippen LogP contribution in [-0.4, -0.2) is 16.2 Å². The van der Waals surface area contributed by atoms with Gasteiger partial charge >= 0.3 is 0 Å². The van der Waals surface area contributed by atoms with Crippen LogP contribution in [0.5, 0.6) is 5.75 Å². The van der Waals surface area contributed by atoms with Gasteiger partial charge in [0.05, 0.1) is 9.82 Å². The second kappa shape index (κ2) is 5.70. The van der Waals surface area contributed by atoms with Gasteiger partial charge in [0, 0.05) is 19.2 Å². The van der Waals surface area contributed by atoms with E-state index in [0.29, 0.717) is 5.75 Å². The quantitative estimate of drug-likeness (QED) is 0.640. The molecule has 0 saturated heterocycles. The molecule has 1 atom stereocenters. The third kappa shape index (κ3) is 2.94. The van der Waals surface area contributed by atoms with Crippen LogP contribution < -0.4 is 4.18 Å². The number of non-ortho nitro benzene ring substituents is 1. The molecule has 2 aromatic carbocycles. The highest BCUT2D eigenvalue weighted by Crippen LogP contribution is 2.22. The van der Waals surface area contributed by atoms with Crippen LogP contribution in [0.15, 0.2) is 63.9 Å². The van der Waals surface area contributed by atoms with Gasteiger partial charge in [0.25, 0.3) is 5.69 Å². The fourth-order valence-corrected chi connectivity index (χ4v) is 2.77. The zero-order valence-electron chi connectivity index (χ0n) is 10.6. The largest absolute Gasteiger partial charge is 0.392 e. The van der Waals surface area contributed by atoms with E-state index in [1.165, 1.54) is 31.3 Å². The van der Waals surface area contributed by atoms with Crippen molar-refractivity contribution in [2.45, 2.75) is 4.90 Å². The molecule has 0 aliphatic heterocycles. The summed E-state index contributed by atoms with van der Waals surface area (Å²) < 4.78 is 21.9. The summed E-state index contributed by atoms with van der Waals surface area (Å²) in [6, 6.07) is 14.0. The number of para-hydroxylation sites is 1. The molecule has 6 nitrogen and oxygen atoms in total. The maximum absolute atomic E-state index is 12.6. The molecular formula is C13H12N2O4S. The minimum atomic E-state index is -3.10. The van der Waals surface area contributed by atoms with Gasteiger partial charge in [-0.25, -0.2) is 8.57 Å². The smallest absolute Gasteiger partial charge is 0.269 e. The highest BCUT2D eigenvalue weighted by molar-refractivity contribution is 7.89. The van der Waals surface area contributed by atoms with Gasteiger partial charge in [-0.15, -0.1) is 0 Å². The minimum Gasteiger partial charge on any atom is -0.392 e. The average Bonchev–Trinajstić information content (AvgIpc) is 2.48. The third-order valence-electron chi connectivity index (χ3n) is 2.54. The Morgan fingerprint density at radius 3 is 2.20 bits per heavy atom. The number of nitro benzene ring substituents is 1. The lowest BCUT2D eigenvalue weighted by Crippen LogP contribution is -2.09. The van der Waals surface area contributed by atoms with Crippen LogP contribution in [0, 0.1) is 10.1 Å². The van der Waals surface area contributed by atoms with Crippen LogP contribution in [0.25, 0.3) is 0 Å². The van der Waals surface area contributed by atoms with Crippen LogP contribution in [0.2, 0.25) is 0 Å². The van der Waals surface area contributed by atoms with Gasteiger partial charge in [0.2, 0.25) is 10.0 Å². The molecule has 0 saturated carbocycles. The van der Waals surface area contributed by atoms with Gasteiger partial charge in [-0.2, -0.15) is 0 Å². The first-order chi connectivity index (χ1) is 9.55. The molecule has 0 bridgehead atoms. The maximum atomic E-state index is 12.6. The van der Waals surface area contributed by atoms with Crippen molar-refractivity contribution in [3.63, 3.8) is 0 Å². The Kier molecular flexibility index (Phi) is 3.99. The highest BCUT2D eigenvalue weighted by Gasteiger charge is 2.15. The van der Waals surface area contributed by atoms with Gasteiger partial charge < -0.3 is 4.18 Å². The summed E-state index contributed by atoms with van der Waals surface area (Å²) in [5.41, 5.74) is -0.0775. The predicted octanol–water partition coefficient (Wildman–Crippen LogP) is 3.05. The van der Waals surface area contributed by atoms with E-state index in [1.54, 1.807) is 24.3 Å². The molecule has 0 aliphatic rings. The Balaban J connectivity index is 2.36. The molecule has 0 N–H and O–H groups in total. The van der Waals surface area contributed by atoms with Crippen molar-refractivity contribution >= 4 is 15.7 Å². The number of hydrogen-bond acceptors (Lipinski definition) is 5. The summed E-state index contributed by atoms with van der Waals surface area (Å²) in [6.45, 7) is 0. The van der Waals surface area contributed by atoms with Crippen molar-refractivity contribution in [1.29, 1.82) is 0 Å². The van der Waals surface area contributed by atoms with Crippen LogP contribution >= 0.6 is 0 Å². The van der Waals surface area contributed by atoms with Crippen molar-refractivity contribution in [2.75, 3.05) is 7.05 Å². The van der Waals surface area contributed by atoms with Crippen LogP contribution in [-0.2, 0) is 10.0 Å². The number of rotatable bonds is 4. The Morgan fingerprint density at radius 1 is 1.10 bits per heavy atom. The fourth-order valence-electron chi connectivity index (χ4n) is 1.54. The lowest BCUT2D eigenvalue weighted by Gasteiger charge is -2.11. The molecule has 7 heteroatoms. The summed E-state index contributed by atoms with van der Waals surface area (Å²) in [5.74, 6) is 0.418. The van der Waals surface area contributed by atoms with Gasteiger partial charge in [-0.1, -0.05) is 18.2 Å². The van der Waals surface area contributed by atoms with Gasteiger partial charge in [0.1, 0.15) is 5.75 Å². The van der Waals surface area contributed by atoms with E-state index in [1.807, 2.05) is 6.07 Å². The van der Waals surface area contributed by atoms with Crippen molar-refractivity contribution in [3.05, 3.63) is 64.7 Å². The topological polar surface area (TPSA) is 81.8 Å². The average molecular weight is 292 g/mol. The first kappa shape index (κ1) is 14.0. The van der Waals surface area contributed by atoms with Crippen LogP contribution in [0.4, 0.5) is 5.69 Å². The monoisotopic (exact) mass is 292 g/mol. The Bertz CT molecular complexity index is 720. The standard InChI is InChI=1S/C13H12N2O4S/c1-14-20(18,19-12-5-3-2-4-6-12)13-9-7-11(8-10-13)15(16)17/h2-10H,1H3. The fraction of sp³-hybridized carbons (Fsp3) is 0.0769. The molecule has 0 fully saturated rings. The summed E-state index contributed by atoms with van der Waals surface area (Å²) in [5, 5.41) is 10.6. The van der Waals surface area contributed by atoms with Crippen LogP contribution in [0.3, 0.4) is 0 Å². The lowest BCUT2D eigenvalue weighted by molar-refractivity contribution is -0.384. The van der Waals surface area contributed by atoms with Gasteiger partial charge in [0.15, 0.2) is 0 Å². The van der Waals surface area contributed by atoms with E-state index in [9.17, 15) is 14.3 Å². The molecular weight excluding hydrogens is 280 g/mol. The van der Waals surface area contributed by atoms with Crippen molar-refractivity contribution in [3.8, 4) is 5.75 Å². The third-order valence-corrected chi connectivity index (χ3v) is 4.31. The molecule has 0 heterocycles. The summed E-state index contributed by atoms with van der Waals surface area (Å²) in [4.78, 5) is 10.4. The Hall–Kier alpha value is -2.41. The molecule has 0 radical (unpaired) electrons. The molecule has 2 aromatic rings. The van der Waals surface area contributed by atoms with E-state index < -0.39 is 14.9 Å². The van der Waals surface area contributed by atoms with E-state index in [4.69, 9.17) is 4.18 Å². The zero-order chi connectivity index (χ0) is 14.6. The molecule has 104 valence electrons. The van der Waals surface area contributed by atoms with E-state index >= 15 is 0 Å². The summed E-state index contributed by atoms with van der Waals surface area (Å²) in [7, 11) is -1.72. The summed E-state index contributed by atoms with van der Waals surface area (Å²) >= 11 is 0. The molecule has 0 aromatic heterocycles. The molecule has 2 rings (SSSR count). The van der Waals surface area contributed by atoms with Crippen LogP contribution in [0.1, 0.15) is 0 Å². The Labute approximate surface area is 116 Å². The summed E-state index contributed by atoms with van der Waals surface area (Å²) in [6.07, 6.45) is 0. The minimum absolute atomic E-state index is 0.0775. The first-order valence-electron chi connectivity index (χ1n) is 5.69. The number of benzene rings is 2. The van der Waals surface area contributed by atoms with E-state index in [2.05, 4.69) is 4.36 Å². The molecule has 0 aliphatic carbocycles. The zero-order valence-corrected chi connectivity index (χ0v) is 11.4. The number of nitrogens with zero attached hydrogens (tertiary/aromatic N) is 2. The molecule has 1 unspecified atom stereocenters. The molecule has 20 heavy (non-hydrogen) atoms. The predicted molar refractivity (Wildman–Crippen MR) is 74.9 cm³/mol. The lowest BCUT2D eigenvalue weighted by atomic mass is 10.3. The Morgan fingerprint density at radius 2 is 1.70 bits per heavy atom. The SMILES string of the molecule is CN=S(=O)(Oc1ccccc1)c1ccc([N+](=O)[O-])cc1. The second-order valence-electron chi connectivity index (χ2n) is 3.81. The normalized spacial score (nSPS) is 13.2. The van der Waals surface area contributed by atoms with E-state index in [0.717, 1.165) is 0 Å². The van der Waals surface area contributed by atoms with Crippen molar-refractivity contribution < 1.29 is 13.3 Å². The van der Waals surface area contributed by atoms with Crippen molar-refractivity contribution in [2.24, 2.45) is 4.36 Å². The van der Waals surface area contributed by atoms with Gasteiger partial charge in [-0.3, -0.25) is 10.1 Å². The van der Waals surface area contributed by atoms with Crippen molar-refractivity contribution in [1.82, 2.24) is 0 Å². The number of nitro groups is 1. The second-order valence-corrected chi connectivity index (χ2v) is 5.76. The molecule has 0 amide bonds. The highest BCUT2D eigenvalue weighted by atomic mass is 32.2. The first-order valence-corrected chi connectivity index (χ1v) is 7.13. The maximum Gasteiger partial charge on any atom is 0.269 e. The number of hydrogen-bond donors (Lipinski definition) is 0. The molecule has 0 spiro atoms. The van der Waals surface area contributed by atoms with Gasteiger partial charge in [-0.05, 0) is 24.3 Å².